The molecule has 134 valence electrons. The zero-order chi connectivity index (χ0) is 17.9. The van der Waals surface area contributed by atoms with Crippen molar-refractivity contribution in [1.82, 2.24) is 19.0 Å². The molecule has 0 aliphatic carbocycles. The van der Waals surface area contributed by atoms with Crippen LogP contribution in [0.15, 0.2) is 40.9 Å². The number of carbonyl (C=O) groups is 1. The SMILES string of the molecule is Cn1cc(S(=O)(=O)N2CCCN(C(=O)C=Cc3cccs3)CC2)cn1. The Morgan fingerprint density at radius 2 is 2.12 bits per heavy atom. The van der Waals surface area contributed by atoms with Crippen molar-refractivity contribution in [2.24, 2.45) is 7.05 Å². The Morgan fingerprint density at radius 3 is 2.80 bits per heavy atom. The molecular formula is C16H20N4O3S2. The van der Waals surface area contributed by atoms with E-state index in [4.69, 9.17) is 0 Å². The number of amides is 1. The van der Waals surface area contributed by atoms with E-state index in [0.29, 0.717) is 26.1 Å². The highest BCUT2D eigenvalue weighted by atomic mass is 32.2. The van der Waals surface area contributed by atoms with Crippen molar-refractivity contribution < 1.29 is 13.2 Å². The van der Waals surface area contributed by atoms with Crippen LogP contribution in [0.5, 0.6) is 0 Å². The molecule has 0 unspecified atom stereocenters. The quantitative estimate of drug-likeness (QED) is 0.752. The van der Waals surface area contributed by atoms with Gasteiger partial charge in [-0.1, -0.05) is 6.07 Å². The predicted octanol–water partition coefficient (Wildman–Crippen LogP) is 1.42. The molecular weight excluding hydrogens is 360 g/mol. The number of rotatable bonds is 4. The van der Waals surface area contributed by atoms with Gasteiger partial charge in [-0.3, -0.25) is 9.48 Å². The molecule has 3 heterocycles. The van der Waals surface area contributed by atoms with Gasteiger partial charge in [0.05, 0.1) is 6.20 Å². The van der Waals surface area contributed by atoms with E-state index < -0.39 is 10.0 Å². The highest BCUT2D eigenvalue weighted by Crippen LogP contribution is 2.17. The molecule has 0 spiro atoms. The lowest BCUT2D eigenvalue weighted by Crippen LogP contribution is -2.36. The number of aryl methyl sites for hydroxylation is 1. The highest BCUT2D eigenvalue weighted by molar-refractivity contribution is 7.89. The second-order valence-electron chi connectivity index (χ2n) is 5.78. The molecule has 2 aromatic heterocycles. The van der Waals surface area contributed by atoms with Gasteiger partial charge in [0, 0.05) is 50.4 Å². The fourth-order valence-electron chi connectivity index (χ4n) is 2.68. The van der Waals surface area contributed by atoms with Gasteiger partial charge in [-0.25, -0.2) is 8.42 Å². The molecule has 1 aliphatic rings. The Bertz CT molecular complexity index is 856. The molecule has 3 rings (SSSR count). The van der Waals surface area contributed by atoms with Crippen molar-refractivity contribution in [2.45, 2.75) is 11.3 Å². The zero-order valence-corrected chi connectivity index (χ0v) is 15.5. The maximum atomic E-state index is 12.7. The van der Waals surface area contributed by atoms with Crippen LogP contribution in [-0.2, 0) is 21.9 Å². The number of hydrogen-bond acceptors (Lipinski definition) is 5. The van der Waals surface area contributed by atoms with Crippen LogP contribution < -0.4 is 0 Å². The summed E-state index contributed by atoms with van der Waals surface area (Å²) in [5.74, 6) is -0.0889. The van der Waals surface area contributed by atoms with Gasteiger partial charge in [-0.2, -0.15) is 9.40 Å². The van der Waals surface area contributed by atoms with Gasteiger partial charge in [-0.15, -0.1) is 11.3 Å². The van der Waals surface area contributed by atoms with E-state index in [9.17, 15) is 13.2 Å². The van der Waals surface area contributed by atoms with E-state index in [-0.39, 0.29) is 17.3 Å². The summed E-state index contributed by atoms with van der Waals surface area (Å²) >= 11 is 1.57. The Balaban J connectivity index is 1.65. The molecule has 0 radical (unpaired) electrons. The van der Waals surface area contributed by atoms with Gasteiger partial charge in [0.1, 0.15) is 4.90 Å². The Morgan fingerprint density at radius 1 is 1.28 bits per heavy atom. The van der Waals surface area contributed by atoms with Gasteiger partial charge in [-0.05, 0) is 23.9 Å². The average Bonchev–Trinajstić information content (AvgIpc) is 3.19. The molecule has 9 heteroatoms. The summed E-state index contributed by atoms with van der Waals surface area (Å²) in [6, 6.07) is 3.88. The van der Waals surface area contributed by atoms with Crippen LogP contribution in [0.2, 0.25) is 0 Å². The third-order valence-electron chi connectivity index (χ3n) is 4.02. The lowest BCUT2D eigenvalue weighted by molar-refractivity contribution is -0.125. The van der Waals surface area contributed by atoms with Crippen LogP contribution in [0.1, 0.15) is 11.3 Å². The largest absolute Gasteiger partial charge is 0.338 e. The molecule has 2 aromatic rings. The van der Waals surface area contributed by atoms with E-state index in [1.54, 1.807) is 35.4 Å². The minimum Gasteiger partial charge on any atom is -0.338 e. The van der Waals surface area contributed by atoms with Gasteiger partial charge in [0.15, 0.2) is 0 Å². The predicted molar refractivity (Wildman–Crippen MR) is 96.5 cm³/mol. The lowest BCUT2D eigenvalue weighted by atomic mass is 10.3. The molecule has 1 saturated heterocycles. The Hall–Kier alpha value is -1.97. The molecule has 7 nitrogen and oxygen atoms in total. The molecule has 0 aromatic carbocycles. The van der Waals surface area contributed by atoms with E-state index >= 15 is 0 Å². The third kappa shape index (κ3) is 4.17. The van der Waals surface area contributed by atoms with Crippen LogP contribution in [0.25, 0.3) is 6.08 Å². The fraction of sp³-hybridized carbons (Fsp3) is 0.375. The number of sulfonamides is 1. The smallest absolute Gasteiger partial charge is 0.246 e. The van der Waals surface area contributed by atoms with Crippen LogP contribution in [0.3, 0.4) is 0 Å². The van der Waals surface area contributed by atoms with Crippen LogP contribution >= 0.6 is 11.3 Å². The first-order valence-corrected chi connectivity index (χ1v) is 10.3. The standard InChI is InChI=1S/C16H20N4O3S2/c1-18-13-15(12-17-18)25(22,23)20-8-3-7-19(9-10-20)16(21)6-5-14-4-2-11-24-14/h2,4-6,11-13H,3,7-10H2,1H3. The first-order valence-electron chi connectivity index (χ1n) is 7.96. The molecule has 0 bridgehead atoms. The minimum absolute atomic E-state index is 0.0889. The summed E-state index contributed by atoms with van der Waals surface area (Å²) in [6.07, 6.45) is 6.80. The number of nitrogens with zero attached hydrogens (tertiary/aromatic N) is 4. The van der Waals surface area contributed by atoms with Crippen molar-refractivity contribution in [2.75, 3.05) is 26.2 Å². The van der Waals surface area contributed by atoms with E-state index in [0.717, 1.165) is 4.88 Å². The van der Waals surface area contributed by atoms with Gasteiger partial charge >= 0.3 is 0 Å². The monoisotopic (exact) mass is 380 g/mol. The third-order valence-corrected chi connectivity index (χ3v) is 6.71. The number of hydrogen-bond donors (Lipinski definition) is 0. The minimum atomic E-state index is -3.57. The summed E-state index contributed by atoms with van der Waals surface area (Å²) < 4.78 is 28.2. The maximum absolute atomic E-state index is 12.7. The molecule has 1 aliphatic heterocycles. The van der Waals surface area contributed by atoms with E-state index in [1.165, 1.54) is 21.4 Å². The Kier molecular flexibility index (Phi) is 5.36. The fourth-order valence-corrected chi connectivity index (χ4v) is 4.75. The number of aromatic nitrogens is 2. The number of thiophene rings is 1. The first-order chi connectivity index (χ1) is 12.0. The topological polar surface area (TPSA) is 75.5 Å². The van der Waals surface area contributed by atoms with Gasteiger partial charge < -0.3 is 4.90 Å². The number of carbonyl (C=O) groups excluding carboxylic acids is 1. The van der Waals surface area contributed by atoms with E-state index in [2.05, 4.69) is 5.10 Å². The summed E-state index contributed by atoms with van der Waals surface area (Å²) in [5, 5.41) is 5.89. The Labute approximate surface area is 151 Å². The van der Waals surface area contributed by atoms with Crippen molar-refractivity contribution in [3.8, 4) is 0 Å². The van der Waals surface area contributed by atoms with Crippen LogP contribution in [0, 0.1) is 0 Å². The maximum Gasteiger partial charge on any atom is 0.246 e. The van der Waals surface area contributed by atoms with Gasteiger partial charge in [0.2, 0.25) is 15.9 Å². The second kappa shape index (κ2) is 7.51. The second-order valence-corrected chi connectivity index (χ2v) is 8.70. The van der Waals surface area contributed by atoms with Crippen LogP contribution in [0.4, 0.5) is 0 Å². The summed E-state index contributed by atoms with van der Waals surface area (Å²) in [5.41, 5.74) is 0. The van der Waals surface area contributed by atoms with Crippen LogP contribution in [-0.4, -0.2) is 59.5 Å². The molecule has 25 heavy (non-hydrogen) atoms. The van der Waals surface area contributed by atoms with E-state index in [1.807, 2.05) is 17.5 Å². The summed E-state index contributed by atoms with van der Waals surface area (Å²) in [7, 11) is -1.88. The van der Waals surface area contributed by atoms with Crippen molar-refractivity contribution in [1.29, 1.82) is 0 Å². The summed E-state index contributed by atoms with van der Waals surface area (Å²) in [6.45, 7) is 1.62. The van der Waals surface area contributed by atoms with Crippen molar-refractivity contribution in [3.05, 3.63) is 40.9 Å². The average molecular weight is 380 g/mol. The molecule has 1 fully saturated rings. The first kappa shape index (κ1) is 17.8. The molecule has 0 N–H and O–H groups in total. The normalized spacial score (nSPS) is 17.1. The zero-order valence-electron chi connectivity index (χ0n) is 13.9. The summed E-state index contributed by atoms with van der Waals surface area (Å²) in [4.78, 5) is 15.2. The lowest BCUT2D eigenvalue weighted by Gasteiger charge is -2.20. The molecule has 1 amide bonds. The van der Waals surface area contributed by atoms with Crippen molar-refractivity contribution in [3.63, 3.8) is 0 Å². The highest BCUT2D eigenvalue weighted by Gasteiger charge is 2.28. The molecule has 0 atom stereocenters. The molecule has 0 saturated carbocycles. The van der Waals surface area contributed by atoms with Gasteiger partial charge in [0.25, 0.3) is 0 Å². The van der Waals surface area contributed by atoms with Crippen molar-refractivity contribution >= 4 is 33.3 Å².